The lowest BCUT2D eigenvalue weighted by Crippen LogP contribution is -2.16. The predicted molar refractivity (Wildman–Crippen MR) is 34.0 cm³/mol. The minimum absolute atomic E-state index is 0.366. The second kappa shape index (κ2) is 1.94. The number of fused-ring (bicyclic) bond motifs is 1. The maximum atomic E-state index is 12.8. The summed E-state index contributed by atoms with van der Waals surface area (Å²) in [6.07, 6.45) is 1.43. The van der Waals surface area contributed by atoms with Crippen molar-refractivity contribution in [2.24, 2.45) is 11.8 Å². The molecule has 9 heavy (non-hydrogen) atoms. The fourth-order valence-electron chi connectivity index (χ4n) is 2.08. The molecule has 2 aliphatic rings. The van der Waals surface area contributed by atoms with Crippen molar-refractivity contribution in [1.82, 2.24) is 5.32 Å². The van der Waals surface area contributed by atoms with Gasteiger partial charge < -0.3 is 5.32 Å². The fraction of sp³-hybridized carbons (Fsp3) is 1.00. The van der Waals surface area contributed by atoms with Crippen molar-refractivity contribution in [3.63, 3.8) is 0 Å². The van der Waals surface area contributed by atoms with Crippen LogP contribution in [0.4, 0.5) is 4.39 Å². The molecule has 3 atom stereocenters. The molecule has 1 aliphatic carbocycles. The molecule has 2 fully saturated rings. The van der Waals surface area contributed by atoms with E-state index in [2.05, 4.69) is 5.32 Å². The van der Waals surface area contributed by atoms with Crippen LogP contribution in [0, 0.1) is 11.8 Å². The number of hydrogen-bond acceptors (Lipinski definition) is 1. The summed E-state index contributed by atoms with van der Waals surface area (Å²) in [5.74, 6) is 1.03. The Hall–Kier alpha value is -0.110. The van der Waals surface area contributed by atoms with Crippen molar-refractivity contribution in [3.8, 4) is 0 Å². The van der Waals surface area contributed by atoms with E-state index in [1.54, 1.807) is 0 Å². The summed E-state index contributed by atoms with van der Waals surface area (Å²) < 4.78 is 12.8. The van der Waals surface area contributed by atoms with Gasteiger partial charge in [0.25, 0.3) is 0 Å². The van der Waals surface area contributed by atoms with E-state index in [0.717, 1.165) is 25.9 Å². The van der Waals surface area contributed by atoms with Gasteiger partial charge in [0.05, 0.1) is 0 Å². The molecular formula is C7H12FN. The van der Waals surface area contributed by atoms with Crippen molar-refractivity contribution in [3.05, 3.63) is 0 Å². The van der Waals surface area contributed by atoms with Crippen molar-refractivity contribution in [1.29, 1.82) is 0 Å². The number of nitrogens with one attached hydrogen (secondary N) is 1. The first-order valence-electron chi connectivity index (χ1n) is 3.72. The molecule has 1 aliphatic heterocycles. The molecule has 1 saturated carbocycles. The lowest BCUT2D eigenvalue weighted by Gasteiger charge is -2.07. The standard InChI is InChI=1S/C7H12FN/c8-7-2-1-5-3-9-4-6(5)7/h5-7,9H,1-4H2/t5-,6-,7+/m0/s1. The second-order valence-electron chi connectivity index (χ2n) is 3.18. The number of rotatable bonds is 0. The Kier molecular flexibility index (Phi) is 1.22. The first-order chi connectivity index (χ1) is 4.38. The molecule has 1 heterocycles. The third kappa shape index (κ3) is 0.767. The van der Waals surface area contributed by atoms with Gasteiger partial charge in [0, 0.05) is 12.5 Å². The van der Waals surface area contributed by atoms with Crippen LogP contribution in [-0.2, 0) is 0 Å². The van der Waals surface area contributed by atoms with Crippen molar-refractivity contribution >= 4 is 0 Å². The molecule has 2 heteroatoms. The zero-order chi connectivity index (χ0) is 6.27. The molecule has 1 N–H and O–H groups in total. The lowest BCUT2D eigenvalue weighted by molar-refractivity contribution is 0.260. The van der Waals surface area contributed by atoms with Crippen molar-refractivity contribution in [2.75, 3.05) is 13.1 Å². The van der Waals surface area contributed by atoms with Crippen LogP contribution in [-0.4, -0.2) is 19.3 Å². The molecular weight excluding hydrogens is 117 g/mol. The highest BCUT2D eigenvalue weighted by atomic mass is 19.1. The topological polar surface area (TPSA) is 12.0 Å². The molecule has 0 aromatic heterocycles. The van der Waals surface area contributed by atoms with E-state index in [9.17, 15) is 4.39 Å². The molecule has 0 spiro atoms. The Labute approximate surface area is 54.6 Å². The number of alkyl halides is 1. The van der Waals surface area contributed by atoms with E-state index in [1.807, 2.05) is 0 Å². The summed E-state index contributed by atoms with van der Waals surface area (Å²) in [6, 6.07) is 0. The zero-order valence-electron chi connectivity index (χ0n) is 5.44. The quantitative estimate of drug-likeness (QED) is 0.513. The lowest BCUT2D eigenvalue weighted by atomic mass is 10.0. The maximum Gasteiger partial charge on any atom is 0.104 e. The van der Waals surface area contributed by atoms with Crippen LogP contribution in [0.2, 0.25) is 0 Å². The second-order valence-corrected chi connectivity index (χ2v) is 3.18. The van der Waals surface area contributed by atoms with E-state index in [0.29, 0.717) is 11.8 Å². The molecule has 1 nitrogen and oxygen atoms in total. The van der Waals surface area contributed by atoms with Gasteiger partial charge in [-0.2, -0.15) is 0 Å². The van der Waals surface area contributed by atoms with E-state index >= 15 is 0 Å². The van der Waals surface area contributed by atoms with Gasteiger partial charge in [0.1, 0.15) is 6.17 Å². The van der Waals surface area contributed by atoms with Gasteiger partial charge in [0.2, 0.25) is 0 Å². The molecule has 0 aromatic carbocycles. The van der Waals surface area contributed by atoms with Gasteiger partial charge >= 0.3 is 0 Å². The minimum Gasteiger partial charge on any atom is -0.316 e. The average molecular weight is 129 g/mol. The van der Waals surface area contributed by atoms with Gasteiger partial charge in [-0.05, 0) is 25.3 Å². The van der Waals surface area contributed by atoms with Gasteiger partial charge in [-0.3, -0.25) is 0 Å². The molecule has 0 amide bonds. The number of halogens is 1. The van der Waals surface area contributed by atoms with Crippen LogP contribution in [0.15, 0.2) is 0 Å². The highest BCUT2D eigenvalue weighted by Gasteiger charge is 2.38. The number of hydrogen-bond donors (Lipinski definition) is 1. The van der Waals surface area contributed by atoms with Crippen LogP contribution < -0.4 is 5.32 Å². The minimum atomic E-state index is -0.495. The fourth-order valence-corrected chi connectivity index (χ4v) is 2.08. The molecule has 0 unspecified atom stereocenters. The third-order valence-corrected chi connectivity index (χ3v) is 2.67. The normalized spacial score (nSPS) is 49.7. The highest BCUT2D eigenvalue weighted by molar-refractivity contribution is 4.91. The first-order valence-corrected chi connectivity index (χ1v) is 3.72. The van der Waals surface area contributed by atoms with E-state index in [-0.39, 0.29) is 0 Å². The third-order valence-electron chi connectivity index (χ3n) is 2.67. The maximum absolute atomic E-state index is 12.8. The van der Waals surface area contributed by atoms with Crippen LogP contribution >= 0.6 is 0 Å². The molecule has 0 aromatic rings. The molecule has 2 rings (SSSR count). The zero-order valence-corrected chi connectivity index (χ0v) is 5.44. The Balaban J connectivity index is 2.07. The monoisotopic (exact) mass is 129 g/mol. The largest absolute Gasteiger partial charge is 0.316 e. The molecule has 0 bridgehead atoms. The van der Waals surface area contributed by atoms with E-state index < -0.39 is 6.17 Å². The van der Waals surface area contributed by atoms with Crippen LogP contribution in [0.25, 0.3) is 0 Å². The Morgan fingerprint density at radius 1 is 1.22 bits per heavy atom. The highest BCUT2D eigenvalue weighted by Crippen LogP contribution is 2.36. The summed E-state index contributed by atoms with van der Waals surface area (Å²) in [7, 11) is 0. The van der Waals surface area contributed by atoms with Gasteiger partial charge in [-0.25, -0.2) is 4.39 Å². The average Bonchev–Trinajstić information content (AvgIpc) is 2.35. The van der Waals surface area contributed by atoms with E-state index in [1.165, 1.54) is 0 Å². The SMILES string of the molecule is F[C@@H]1CC[C@H]2CNC[C@@H]21. The molecule has 52 valence electrons. The van der Waals surface area contributed by atoms with Gasteiger partial charge in [0.15, 0.2) is 0 Å². The Morgan fingerprint density at radius 3 is 2.89 bits per heavy atom. The smallest absolute Gasteiger partial charge is 0.104 e. The van der Waals surface area contributed by atoms with Crippen LogP contribution in [0.5, 0.6) is 0 Å². The molecule has 1 saturated heterocycles. The van der Waals surface area contributed by atoms with Gasteiger partial charge in [-0.1, -0.05) is 0 Å². The summed E-state index contributed by atoms with van der Waals surface area (Å²) in [5, 5.41) is 3.21. The molecule has 0 radical (unpaired) electrons. The van der Waals surface area contributed by atoms with E-state index in [4.69, 9.17) is 0 Å². The summed E-state index contributed by atoms with van der Waals surface area (Å²) in [6.45, 7) is 1.98. The summed E-state index contributed by atoms with van der Waals surface area (Å²) in [5.41, 5.74) is 0. The summed E-state index contributed by atoms with van der Waals surface area (Å²) >= 11 is 0. The van der Waals surface area contributed by atoms with Crippen LogP contribution in [0.1, 0.15) is 12.8 Å². The van der Waals surface area contributed by atoms with Crippen LogP contribution in [0.3, 0.4) is 0 Å². The van der Waals surface area contributed by atoms with Gasteiger partial charge in [-0.15, -0.1) is 0 Å². The van der Waals surface area contributed by atoms with Crippen molar-refractivity contribution in [2.45, 2.75) is 19.0 Å². The van der Waals surface area contributed by atoms with Crippen molar-refractivity contribution < 1.29 is 4.39 Å². The summed E-state index contributed by atoms with van der Waals surface area (Å²) in [4.78, 5) is 0. The predicted octanol–water partition coefficient (Wildman–Crippen LogP) is 0.954. The first kappa shape index (κ1) is 5.66. The Morgan fingerprint density at radius 2 is 2.11 bits per heavy atom. The Bertz CT molecular complexity index is 115.